The molecule has 0 aliphatic rings. The summed E-state index contributed by atoms with van der Waals surface area (Å²) in [6.45, 7) is 10.1. The molecule has 0 N–H and O–H groups in total. The van der Waals surface area contributed by atoms with E-state index in [1.165, 1.54) is 5.56 Å². The van der Waals surface area contributed by atoms with Crippen LogP contribution in [0.15, 0.2) is 24.3 Å². The number of benzene rings is 1. The summed E-state index contributed by atoms with van der Waals surface area (Å²) in [4.78, 5) is 10.2. The van der Waals surface area contributed by atoms with Crippen LogP contribution >= 0.6 is 0 Å². The molecule has 0 aliphatic carbocycles. The number of aryl methyl sites for hydroxylation is 1. The Morgan fingerprint density at radius 2 is 1.43 bits per heavy atom. The molecule has 1 rings (SSSR count). The highest BCUT2D eigenvalue weighted by Crippen LogP contribution is 2.01. The Kier molecular flexibility index (Phi) is 13.1. The summed E-state index contributed by atoms with van der Waals surface area (Å²) < 4.78 is 0. The molecule has 0 saturated carbocycles. The Morgan fingerprint density at radius 1 is 1.00 bits per heavy atom. The van der Waals surface area contributed by atoms with Gasteiger partial charge in [0.05, 0.1) is 0 Å². The molecule has 0 heterocycles. The van der Waals surface area contributed by atoms with Gasteiger partial charge >= 0.3 is 0 Å². The van der Waals surface area contributed by atoms with Crippen molar-refractivity contribution in [2.45, 2.75) is 41.0 Å². The Labute approximate surface area is 88.2 Å². The van der Waals surface area contributed by atoms with Crippen LogP contribution in [0.25, 0.3) is 0 Å². The van der Waals surface area contributed by atoms with Crippen molar-refractivity contribution < 1.29 is 4.79 Å². The number of carbonyl (C=O) groups is 1. The summed E-state index contributed by atoms with van der Waals surface area (Å²) in [5, 5.41) is 0. The summed E-state index contributed by atoms with van der Waals surface area (Å²) >= 11 is 0. The molecule has 0 amide bonds. The maximum Gasteiger partial charge on any atom is 0.150 e. The average molecular weight is 194 g/mol. The molecule has 1 nitrogen and oxygen atoms in total. The van der Waals surface area contributed by atoms with E-state index in [9.17, 15) is 4.79 Å². The van der Waals surface area contributed by atoms with E-state index in [1.807, 2.05) is 52.0 Å². The van der Waals surface area contributed by atoms with Crippen molar-refractivity contribution in [3.63, 3.8) is 0 Å². The minimum absolute atomic E-state index is 0.747. The van der Waals surface area contributed by atoms with Crippen molar-refractivity contribution in [3.8, 4) is 0 Å². The minimum atomic E-state index is 0.747. The van der Waals surface area contributed by atoms with Crippen molar-refractivity contribution in [2.24, 2.45) is 0 Å². The fraction of sp³-hybridized carbons (Fsp3) is 0.462. The molecular formula is C13H22O. The lowest BCUT2D eigenvalue weighted by atomic mass is 10.1. The molecule has 80 valence electrons. The summed E-state index contributed by atoms with van der Waals surface area (Å²) in [5.74, 6) is 0. The third kappa shape index (κ3) is 6.41. The molecule has 1 aromatic rings. The van der Waals surface area contributed by atoms with Crippen LogP contribution in [0.5, 0.6) is 0 Å². The number of aldehydes is 1. The highest BCUT2D eigenvalue weighted by Gasteiger charge is 1.88. The molecule has 0 spiro atoms. The largest absolute Gasteiger partial charge is 0.298 e. The van der Waals surface area contributed by atoms with Gasteiger partial charge in [-0.15, -0.1) is 0 Å². The first-order valence-electron chi connectivity index (χ1n) is 5.41. The lowest BCUT2D eigenvalue weighted by Crippen LogP contribution is -1.81. The van der Waals surface area contributed by atoms with E-state index in [4.69, 9.17) is 0 Å². The number of rotatable bonds is 2. The van der Waals surface area contributed by atoms with Crippen molar-refractivity contribution in [3.05, 3.63) is 35.4 Å². The fourth-order valence-electron chi connectivity index (χ4n) is 0.832. The van der Waals surface area contributed by atoms with Crippen LogP contribution in [0.3, 0.4) is 0 Å². The monoisotopic (exact) mass is 194 g/mol. The zero-order chi connectivity index (χ0) is 11.4. The highest BCUT2D eigenvalue weighted by molar-refractivity contribution is 5.74. The first kappa shape index (κ1) is 15.4. The zero-order valence-corrected chi connectivity index (χ0v) is 10.0. The van der Waals surface area contributed by atoms with Crippen LogP contribution < -0.4 is 0 Å². The molecular weight excluding hydrogens is 172 g/mol. The molecule has 0 saturated heterocycles. The molecule has 0 unspecified atom stereocenters. The standard InChI is InChI=1S/C9H10O.2C2H6/c1-2-8-3-5-9(7-10)6-4-8;2*1-2/h3-7H,2H2,1H3;2*1-2H3. The van der Waals surface area contributed by atoms with Gasteiger partial charge in [-0.1, -0.05) is 58.9 Å². The Hall–Kier alpha value is -1.11. The summed E-state index contributed by atoms with van der Waals surface area (Å²) in [6.07, 6.45) is 1.89. The van der Waals surface area contributed by atoms with E-state index in [0.717, 1.165) is 18.3 Å². The average Bonchev–Trinajstić information content (AvgIpc) is 2.34. The normalized spacial score (nSPS) is 7.50. The maximum absolute atomic E-state index is 10.2. The van der Waals surface area contributed by atoms with E-state index >= 15 is 0 Å². The predicted octanol–water partition coefficient (Wildman–Crippen LogP) is 4.11. The van der Waals surface area contributed by atoms with Crippen LogP contribution in [-0.4, -0.2) is 6.29 Å². The van der Waals surface area contributed by atoms with Crippen LogP contribution in [0.4, 0.5) is 0 Å². The summed E-state index contributed by atoms with van der Waals surface area (Å²) in [7, 11) is 0. The molecule has 1 heteroatoms. The van der Waals surface area contributed by atoms with Crippen molar-refractivity contribution in [1.82, 2.24) is 0 Å². The maximum atomic E-state index is 10.2. The lowest BCUT2D eigenvalue weighted by Gasteiger charge is -1.93. The predicted molar refractivity (Wildman–Crippen MR) is 63.9 cm³/mol. The topological polar surface area (TPSA) is 17.1 Å². The first-order valence-corrected chi connectivity index (χ1v) is 5.41. The third-order valence-corrected chi connectivity index (χ3v) is 1.52. The minimum Gasteiger partial charge on any atom is -0.298 e. The van der Waals surface area contributed by atoms with Crippen molar-refractivity contribution in [2.75, 3.05) is 0 Å². The van der Waals surface area contributed by atoms with Gasteiger partial charge in [0.1, 0.15) is 6.29 Å². The van der Waals surface area contributed by atoms with Gasteiger partial charge in [0.15, 0.2) is 0 Å². The Bertz CT molecular complexity index is 211. The highest BCUT2D eigenvalue weighted by atomic mass is 16.1. The molecule has 1 aromatic carbocycles. The second kappa shape index (κ2) is 11.9. The first-order chi connectivity index (χ1) is 6.86. The van der Waals surface area contributed by atoms with Gasteiger partial charge in [0.25, 0.3) is 0 Å². The van der Waals surface area contributed by atoms with Gasteiger partial charge in [0, 0.05) is 5.56 Å². The lowest BCUT2D eigenvalue weighted by molar-refractivity contribution is 0.112. The van der Waals surface area contributed by atoms with Gasteiger partial charge in [-0.3, -0.25) is 4.79 Å². The molecule has 0 radical (unpaired) electrons. The van der Waals surface area contributed by atoms with Gasteiger partial charge in [0.2, 0.25) is 0 Å². The van der Waals surface area contributed by atoms with E-state index in [1.54, 1.807) is 0 Å². The molecule has 0 aromatic heterocycles. The van der Waals surface area contributed by atoms with Gasteiger partial charge in [-0.2, -0.15) is 0 Å². The molecule has 0 aliphatic heterocycles. The van der Waals surface area contributed by atoms with Crippen molar-refractivity contribution >= 4 is 6.29 Å². The fourth-order valence-corrected chi connectivity index (χ4v) is 0.832. The van der Waals surface area contributed by atoms with Gasteiger partial charge < -0.3 is 0 Å². The zero-order valence-electron chi connectivity index (χ0n) is 10.0. The van der Waals surface area contributed by atoms with Crippen molar-refractivity contribution in [1.29, 1.82) is 0 Å². The van der Waals surface area contributed by atoms with Crippen LogP contribution in [0, 0.1) is 0 Å². The smallest absolute Gasteiger partial charge is 0.150 e. The SMILES string of the molecule is CC.CC.CCc1ccc(C=O)cc1. The van der Waals surface area contributed by atoms with E-state index in [0.29, 0.717) is 0 Å². The number of hydrogen-bond donors (Lipinski definition) is 0. The number of carbonyl (C=O) groups excluding carboxylic acids is 1. The third-order valence-electron chi connectivity index (χ3n) is 1.52. The van der Waals surface area contributed by atoms with E-state index < -0.39 is 0 Å². The quantitative estimate of drug-likeness (QED) is 0.647. The van der Waals surface area contributed by atoms with Gasteiger partial charge in [-0.05, 0) is 12.0 Å². The Morgan fingerprint density at radius 3 is 1.71 bits per heavy atom. The number of hydrogen-bond acceptors (Lipinski definition) is 1. The molecule has 14 heavy (non-hydrogen) atoms. The second-order valence-electron chi connectivity index (χ2n) is 2.21. The molecule has 0 atom stereocenters. The van der Waals surface area contributed by atoms with Crippen LogP contribution in [0.2, 0.25) is 0 Å². The van der Waals surface area contributed by atoms with E-state index in [-0.39, 0.29) is 0 Å². The van der Waals surface area contributed by atoms with Crippen LogP contribution in [0.1, 0.15) is 50.5 Å². The summed E-state index contributed by atoms with van der Waals surface area (Å²) in [6, 6.07) is 7.63. The molecule has 0 bridgehead atoms. The second-order valence-corrected chi connectivity index (χ2v) is 2.21. The van der Waals surface area contributed by atoms with Crippen LogP contribution in [-0.2, 0) is 6.42 Å². The Balaban J connectivity index is 0. The molecule has 0 fully saturated rings. The van der Waals surface area contributed by atoms with Gasteiger partial charge in [-0.25, -0.2) is 0 Å². The van der Waals surface area contributed by atoms with E-state index in [2.05, 4.69) is 6.92 Å². The summed E-state index contributed by atoms with van der Waals surface area (Å²) in [5.41, 5.74) is 2.02.